The molecular formula is C17H16FN5O3. The van der Waals surface area contributed by atoms with Gasteiger partial charge in [-0.2, -0.15) is 5.10 Å². The molecule has 2 heterocycles. The van der Waals surface area contributed by atoms with E-state index >= 15 is 0 Å². The lowest BCUT2D eigenvalue weighted by Crippen LogP contribution is -2.22. The molecule has 0 aliphatic carbocycles. The molecule has 0 radical (unpaired) electrons. The monoisotopic (exact) mass is 357 g/mol. The molecule has 3 rings (SSSR count). The summed E-state index contributed by atoms with van der Waals surface area (Å²) in [7, 11) is 1.45. The molecule has 0 atom stereocenters. The van der Waals surface area contributed by atoms with E-state index in [1.54, 1.807) is 19.9 Å². The molecule has 4 N–H and O–H groups in total. The summed E-state index contributed by atoms with van der Waals surface area (Å²) in [5.74, 6) is -1.71. The quantitative estimate of drug-likeness (QED) is 0.569. The number of nitrogens with zero attached hydrogens (tertiary/aromatic N) is 1. The third kappa shape index (κ3) is 2.94. The zero-order valence-corrected chi connectivity index (χ0v) is 14.3. The number of carbonyl (C=O) groups is 2. The SMILES string of the molecule is CNC(=O)c1c(NC(=O)c2cc(=O)[nH]c3c(F)cc(C)cc23)n[nH]c1C. The minimum absolute atomic E-state index is 0.0186. The Balaban J connectivity index is 2.10. The van der Waals surface area contributed by atoms with Gasteiger partial charge in [0.15, 0.2) is 5.82 Å². The highest BCUT2D eigenvalue weighted by Gasteiger charge is 2.21. The molecule has 26 heavy (non-hydrogen) atoms. The van der Waals surface area contributed by atoms with Gasteiger partial charge in [-0.15, -0.1) is 0 Å². The molecule has 0 saturated carbocycles. The average Bonchev–Trinajstić information content (AvgIpc) is 2.94. The van der Waals surface area contributed by atoms with Crippen molar-refractivity contribution in [2.75, 3.05) is 12.4 Å². The summed E-state index contributed by atoms with van der Waals surface area (Å²) in [6.07, 6.45) is 0. The first kappa shape index (κ1) is 17.3. The molecule has 3 aromatic rings. The van der Waals surface area contributed by atoms with Crippen LogP contribution in [-0.4, -0.2) is 34.0 Å². The third-order valence-corrected chi connectivity index (χ3v) is 3.93. The molecule has 134 valence electrons. The van der Waals surface area contributed by atoms with Gasteiger partial charge in [0, 0.05) is 24.2 Å². The maximum Gasteiger partial charge on any atom is 0.257 e. The van der Waals surface area contributed by atoms with E-state index in [4.69, 9.17) is 0 Å². The minimum atomic E-state index is -0.678. The van der Waals surface area contributed by atoms with Crippen molar-refractivity contribution in [3.63, 3.8) is 0 Å². The Kier molecular flexibility index (Phi) is 4.29. The van der Waals surface area contributed by atoms with Gasteiger partial charge in [0.1, 0.15) is 11.4 Å². The Bertz CT molecular complexity index is 1100. The summed E-state index contributed by atoms with van der Waals surface area (Å²) in [4.78, 5) is 38.9. The number of aryl methyl sites for hydroxylation is 2. The zero-order valence-electron chi connectivity index (χ0n) is 14.3. The normalized spacial score (nSPS) is 10.8. The highest BCUT2D eigenvalue weighted by atomic mass is 19.1. The van der Waals surface area contributed by atoms with Crippen LogP contribution in [0.1, 0.15) is 32.0 Å². The summed E-state index contributed by atoms with van der Waals surface area (Å²) in [6, 6.07) is 3.94. The number of anilines is 1. The van der Waals surface area contributed by atoms with Crippen molar-refractivity contribution >= 4 is 28.5 Å². The van der Waals surface area contributed by atoms with Gasteiger partial charge in [0.2, 0.25) is 5.56 Å². The van der Waals surface area contributed by atoms with Crippen LogP contribution in [0.2, 0.25) is 0 Å². The van der Waals surface area contributed by atoms with Crippen molar-refractivity contribution in [3.8, 4) is 0 Å². The number of hydrogen-bond donors (Lipinski definition) is 4. The predicted octanol–water partition coefficient (Wildman–Crippen LogP) is 1.62. The highest BCUT2D eigenvalue weighted by Crippen LogP contribution is 2.22. The first-order valence-electron chi connectivity index (χ1n) is 7.73. The molecule has 0 bridgehead atoms. The number of fused-ring (bicyclic) bond motifs is 1. The fraction of sp³-hybridized carbons (Fsp3) is 0.176. The molecule has 9 heteroatoms. The van der Waals surface area contributed by atoms with Crippen molar-refractivity contribution in [2.24, 2.45) is 0 Å². The van der Waals surface area contributed by atoms with E-state index in [2.05, 4.69) is 25.8 Å². The summed E-state index contributed by atoms with van der Waals surface area (Å²) in [5, 5.41) is 11.8. The Hall–Kier alpha value is -3.49. The lowest BCUT2D eigenvalue weighted by Gasteiger charge is -2.09. The maximum atomic E-state index is 14.1. The van der Waals surface area contributed by atoms with Gasteiger partial charge in [-0.1, -0.05) is 0 Å². The number of nitrogens with one attached hydrogen (secondary N) is 4. The zero-order chi connectivity index (χ0) is 19.0. The second kappa shape index (κ2) is 6.43. The minimum Gasteiger partial charge on any atom is -0.355 e. The van der Waals surface area contributed by atoms with Crippen LogP contribution in [0.5, 0.6) is 0 Å². The van der Waals surface area contributed by atoms with Crippen LogP contribution < -0.4 is 16.2 Å². The second-order valence-corrected chi connectivity index (χ2v) is 5.82. The van der Waals surface area contributed by atoms with Gasteiger partial charge in [-0.05, 0) is 31.5 Å². The van der Waals surface area contributed by atoms with Crippen LogP contribution in [0.25, 0.3) is 10.9 Å². The highest BCUT2D eigenvalue weighted by molar-refractivity contribution is 6.14. The van der Waals surface area contributed by atoms with Crippen LogP contribution in [0.4, 0.5) is 10.2 Å². The fourth-order valence-corrected chi connectivity index (χ4v) is 2.73. The van der Waals surface area contributed by atoms with Crippen molar-refractivity contribution in [1.29, 1.82) is 0 Å². The van der Waals surface area contributed by atoms with Crippen LogP contribution in [0, 0.1) is 19.7 Å². The van der Waals surface area contributed by atoms with Gasteiger partial charge in [-0.3, -0.25) is 19.5 Å². The Morgan fingerprint density at radius 3 is 2.58 bits per heavy atom. The molecule has 2 amide bonds. The van der Waals surface area contributed by atoms with Crippen molar-refractivity contribution in [2.45, 2.75) is 13.8 Å². The number of carbonyl (C=O) groups excluding carboxylic acids is 2. The molecule has 0 spiro atoms. The summed E-state index contributed by atoms with van der Waals surface area (Å²) >= 11 is 0. The molecule has 2 aromatic heterocycles. The fourth-order valence-electron chi connectivity index (χ4n) is 2.73. The van der Waals surface area contributed by atoms with Gasteiger partial charge in [0.05, 0.1) is 11.1 Å². The van der Waals surface area contributed by atoms with E-state index in [1.807, 2.05) is 0 Å². The number of rotatable bonds is 3. The lowest BCUT2D eigenvalue weighted by molar-refractivity contribution is 0.0963. The van der Waals surface area contributed by atoms with E-state index in [9.17, 15) is 18.8 Å². The summed E-state index contributed by atoms with van der Waals surface area (Å²) in [5.41, 5.74) is 0.551. The van der Waals surface area contributed by atoms with E-state index in [0.717, 1.165) is 6.07 Å². The van der Waals surface area contributed by atoms with Crippen LogP contribution in [-0.2, 0) is 0 Å². The number of amides is 2. The molecule has 0 unspecified atom stereocenters. The first-order chi connectivity index (χ1) is 12.3. The number of benzene rings is 1. The molecule has 0 aliphatic heterocycles. The van der Waals surface area contributed by atoms with E-state index in [0.29, 0.717) is 11.3 Å². The third-order valence-electron chi connectivity index (χ3n) is 3.93. The first-order valence-corrected chi connectivity index (χ1v) is 7.73. The van der Waals surface area contributed by atoms with Gasteiger partial charge < -0.3 is 15.6 Å². The number of H-pyrrole nitrogens is 2. The van der Waals surface area contributed by atoms with Gasteiger partial charge in [0.25, 0.3) is 11.8 Å². The largest absolute Gasteiger partial charge is 0.355 e. The smallest absolute Gasteiger partial charge is 0.257 e. The van der Waals surface area contributed by atoms with E-state index in [-0.39, 0.29) is 27.8 Å². The molecule has 1 aromatic carbocycles. The van der Waals surface area contributed by atoms with E-state index < -0.39 is 23.2 Å². The standard InChI is InChI=1S/C17H16FN5O3/c1-7-4-9-10(6-12(24)20-14(9)11(18)5-7)16(25)21-15-13(17(26)19-3)8(2)22-23-15/h4-6H,1-3H3,(H,19,26)(H,20,24)(H2,21,22,23,25). The summed E-state index contributed by atoms with van der Waals surface area (Å²) in [6.45, 7) is 3.31. The van der Waals surface area contributed by atoms with Crippen LogP contribution in [0.15, 0.2) is 23.0 Å². The number of hydrogen-bond acceptors (Lipinski definition) is 4. The summed E-state index contributed by atoms with van der Waals surface area (Å²) < 4.78 is 14.1. The Labute approximate surface area is 146 Å². The molecular weight excluding hydrogens is 341 g/mol. The topological polar surface area (TPSA) is 120 Å². The van der Waals surface area contributed by atoms with Crippen molar-refractivity contribution in [3.05, 3.63) is 56.8 Å². The van der Waals surface area contributed by atoms with Crippen LogP contribution >= 0.6 is 0 Å². The number of pyridine rings is 1. The van der Waals surface area contributed by atoms with Crippen molar-refractivity contribution < 1.29 is 14.0 Å². The predicted molar refractivity (Wildman–Crippen MR) is 93.9 cm³/mol. The average molecular weight is 357 g/mol. The van der Waals surface area contributed by atoms with Gasteiger partial charge in [-0.25, -0.2) is 4.39 Å². The number of halogens is 1. The Morgan fingerprint density at radius 1 is 1.15 bits per heavy atom. The molecule has 0 fully saturated rings. The molecule has 0 aliphatic rings. The van der Waals surface area contributed by atoms with Gasteiger partial charge >= 0.3 is 0 Å². The maximum absolute atomic E-state index is 14.1. The number of aromatic amines is 2. The van der Waals surface area contributed by atoms with E-state index in [1.165, 1.54) is 13.1 Å². The molecule has 0 saturated heterocycles. The van der Waals surface area contributed by atoms with Crippen LogP contribution in [0.3, 0.4) is 0 Å². The Morgan fingerprint density at radius 2 is 1.88 bits per heavy atom. The van der Waals surface area contributed by atoms with Crippen molar-refractivity contribution in [1.82, 2.24) is 20.5 Å². The molecule has 8 nitrogen and oxygen atoms in total. The number of aromatic nitrogens is 3. The second-order valence-electron chi connectivity index (χ2n) is 5.82. The lowest BCUT2D eigenvalue weighted by atomic mass is 10.1.